The molecule has 0 aliphatic rings. The van der Waals surface area contributed by atoms with Gasteiger partial charge < -0.3 is 19.3 Å². The molecule has 0 atom stereocenters. The number of carbonyl (C=O) groups is 1. The minimum atomic E-state index is -4.34. The predicted molar refractivity (Wildman–Crippen MR) is 126 cm³/mol. The van der Waals surface area contributed by atoms with Crippen molar-refractivity contribution in [2.45, 2.75) is 25.8 Å². The first-order chi connectivity index (χ1) is 18.3. The number of nitrogens with one attached hydrogen (secondary N) is 1. The normalized spacial score (nSPS) is 11.8. The van der Waals surface area contributed by atoms with Crippen molar-refractivity contribution in [2.24, 2.45) is 0 Å². The number of aromatic nitrogens is 6. The molecule has 4 heterocycles. The molecule has 5 aromatic rings. The minimum Gasteiger partial charge on any atom is -0.470 e. The molecule has 4 aromatic heterocycles. The number of pyridine rings is 1. The second-order valence-corrected chi connectivity index (χ2v) is 8.17. The molecule has 0 saturated carbocycles. The van der Waals surface area contributed by atoms with E-state index in [2.05, 4.69) is 30.8 Å². The number of nitrogens with zero attached hydrogens (tertiary/aromatic N) is 6. The lowest BCUT2D eigenvalue weighted by Crippen LogP contribution is -2.28. The van der Waals surface area contributed by atoms with Crippen LogP contribution in [0.15, 0.2) is 53.2 Å². The van der Waals surface area contributed by atoms with E-state index in [-0.39, 0.29) is 24.7 Å². The zero-order chi connectivity index (χ0) is 26.7. The summed E-state index contributed by atoms with van der Waals surface area (Å²) in [6.45, 7) is -0.255. The van der Waals surface area contributed by atoms with Gasteiger partial charge in [-0.25, -0.2) is 0 Å². The highest BCUT2D eigenvalue weighted by Crippen LogP contribution is 2.29. The van der Waals surface area contributed by atoms with Crippen molar-refractivity contribution in [1.82, 2.24) is 35.3 Å². The van der Waals surface area contributed by atoms with E-state index in [9.17, 15) is 18.0 Å². The summed E-state index contributed by atoms with van der Waals surface area (Å²) in [6, 6.07) is 12.1. The molecule has 1 N–H and O–H groups in total. The fraction of sp³-hybridized carbons (Fsp3) is 0.250. The number of alkyl halides is 3. The van der Waals surface area contributed by atoms with Crippen LogP contribution in [0.3, 0.4) is 0 Å². The molecule has 5 rings (SSSR count). The molecule has 1 amide bonds. The highest BCUT2D eigenvalue weighted by atomic mass is 19.4. The molecule has 0 fully saturated rings. The number of hydrogen-bond donors (Lipinski definition) is 1. The van der Waals surface area contributed by atoms with Gasteiger partial charge in [-0.3, -0.25) is 9.78 Å². The molecule has 0 aliphatic carbocycles. The number of amides is 1. The van der Waals surface area contributed by atoms with E-state index in [0.717, 1.165) is 5.39 Å². The maximum absolute atomic E-state index is 12.3. The van der Waals surface area contributed by atoms with Crippen LogP contribution in [0.4, 0.5) is 13.2 Å². The Balaban J connectivity index is 1.36. The summed E-state index contributed by atoms with van der Waals surface area (Å²) >= 11 is 0. The predicted octanol–water partition coefficient (Wildman–Crippen LogP) is 3.74. The van der Waals surface area contributed by atoms with Gasteiger partial charge in [-0.2, -0.15) is 17.7 Å². The lowest BCUT2D eigenvalue weighted by Gasteiger charge is -2.10. The number of methoxy groups -OCH3 is 1. The molecule has 196 valence electrons. The largest absolute Gasteiger partial charge is 0.470 e. The average molecular weight is 527 g/mol. The van der Waals surface area contributed by atoms with E-state index < -0.39 is 25.0 Å². The average Bonchev–Trinajstić information content (AvgIpc) is 3.54. The van der Waals surface area contributed by atoms with Gasteiger partial charge in [0.25, 0.3) is 5.91 Å². The van der Waals surface area contributed by atoms with Gasteiger partial charge in [0.1, 0.15) is 13.2 Å². The number of halogens is 3. The third-order valence-corrected chi connectivity index (χ3v) is 5.44. The van der Waals surface area contributed by atoms with Gasteiger partial charge in [0, 0.05) is 36.7 Å². The van der Waals surface area contributed by atoms with Crippen molar-refractivity contribution in [1.29, 1.82) is 0 Å². The number of rotatable bonds is 9. The first-order valence-corrected chi connectivity index (χ1v) is 11.3. The van der Waals surface area contributed by atoms with Gasteiger partial charge >= 0.3 is 6.18 Å². The van der Waals surface area contributed by atoms with E-state index in [1.165, 1.54) is 16.8 Å². The third kappa shape index (κ3) is 5.39. The van der Waals surface area contributed by atoms with Gasteiger partial charge in [-0.1, -0.05) is 23.4 Å². The molecular weight excluding hydrogens is 507 g/mol. The molecule has 1 aromatic carbocycles. The fourth-order valence-corrected chi connectivity index (χ4v) is 3.65. The lowest BCUT2D eigenvalue weighted by atomic mass is 10.2. The Morgan fingerprint density at radius 1 is 1.11 bits per heavy atom. The van der Waals surface area contributed by atoms with Gasteiger partial charge in [-0.05, 0) is 18.2 Å². The van der Waals surface area contributed by atoms with Crippen molar-refractivity contribution in [2.75, 3.05) is 13.7 Å². The quantitative estimate of drug-likeness (QED) is 0.305. The number of ether oxygens (including phenoxy) is 2. The summed E-state index contributed by atoms with van der Waals surface area (Å²) in [6.07, 6.45) is -4.18. The van der Waals surface area contributed by atoms with Crippen LogP contribution in [0.5, 0.6) is 5.88 Å². The van der Waals surface area contributed by atoms with Gasteiger partial charge in [0.2, 0.25) is 11.7 Å². The maximum atomic E-state index is 12.3. The van der Waals surface area contributed by atoms with Crippen LogP contribution in [0.1, 0.15) is 28.2 Å². The first kappa shape index (κ1) is 25.1. The van der Waals surface area contributed by atoms with Gasteiger partial charge in [-0.15, -0.1) is 15.3 Å². The highest BCUT2D eigenvalue weighted by Gasteiger charge is 2.26. The van der Waals surface area contributed by atoms with Crippen LogP contribution < -0.4 is 10.1 Å². The second kappa shape index (κ2) is 10.4. The van der Waals surface area contributed by atoms with Crippen LogP contribution in [0, 0.1) is 0 Å². The van der Waals surface area contributed by atoms with Crippen molar-refractivity contribution in [3.05, 3.63) is 65.7 Å². The Hall–Kier alpha value is -4.59. The topological polar surface area (TPSA) is 130 Å². The summed E-state index contributed by atoms with van der Waals surface area (Å²) in [5, 5.41) is 20.8. The summed E-state index contributed by atoms with van der Waals surface area (Å²) in [7, 11) is 1.54. The zero-order valence-corrected chi connectivity index (χ0v) is 19.9. The summed E-state index contributed by atoms with van der Waals surface area (Å²) in [5.41, 5.74) is 1.53. The van der Waals surface area contributed by atoms with Crippen molar-refractivity contribution >= 4 is 22.3 Å². The third-order valence-electron chi connectivity index (χ3n) is 5.44. The number of hydrogen-bond acceptors (Lipinski definition) is 9. The molecule has 0 bridgehead atoms. The van der Waals surface area contributed by atoms with E-state index >= 15 is 0 Å². The van der Waals surface area contributed by atoms with Gasteiger partial charge in [0.15, 0.2) is 17.1 Å². The summed E-state index contributed by atoms with van der Waals surface area (Å²) in [5.74, 6) is 0.500. The molecule has 0 aliphatic heterocycles. The van der Waals surface area contributed by atoms with E-state index in [1.54, 1.807) is 19.2 Å². The van der Waals surface area contributed by atoms with Gasteiger partial charge in [0.05, 0.1) is 17.7 Å². The van der Waals surface area contributed by atoms with Crippen molar-refractivity contribution in [3.8, 4) is 17.4 Å². The standard InChI is InChI=1S/C24H20F3N7O4/c1-36-13-16-10-19(33-38-16)21-31-30-20-17-4-2-3-5-18(17)23(32-34(20)21)37-12-15-7-6-14(11-29-15)22(35)28-9-8-24(25,26)27/h2-7,10-11H,8-9,12-13H2,1H3,(H,28,35). The van der Waals surface area contributed by atoms with Crippen molar-refractivity contribution < 1.29 is 32.0 Å². The monoisotopic (exact) mass is 527 g/mol. The molecule has 14 heteroatoms. The van der Waals surface area contributed by atoms with Crippen LogP contribution in [-0.2, 0) is 18.0 Å². The highest BCUT2D eigenvalue weighted by molar-refractivity contribution is 5.97. The Morgan fingerprint density at radius 3 is 2.66 bits per heavy atom. The molecule has 11 nitrogen and oxygen atoms in total. The Kier molecular flexibility index (Phi) is 6.87. The summed E-state index contributed by atoms with van der Waals surface area (Å²) in [4.78, 5) is 16.2. The Morgan fingerprint density at radius 2 is 1.92 bits per heavy atom. The molecule has 38 heavy (non-hydrogen) atoms. The van der Waals surface area contributed by atoms with Crippen molar-refractivity contribution in [3.63, 3.8) is 0 Å². The molecule has 0 saturated heterocycles. The smallest absolute Gasteiger partial charge is 0.390 e. The maximum Gasteiger partial charge on any atom is 0.390 e. The van der Waals surface area contributed by atoms with Crippen LogP contribution in [0.2, 0.25) is 0 Å². The molecule has 0 radical (unpaired) electrons. The molecule has 0 spiro atoms. The lowest BCUT2D eigenvalue weighted by molar-refractivity contribution is -0.132. The zero-order valence-electron chi connectivity index (χ0n) is 19.9. The first-order valence-electron chi connectivity index (χ1n) is 11.3. The number of carbonyl (C=O) groups excluding carboxylic acids is 1. The second-order valence-electron chi connectivity index (χ2n) is 8.17. The SMILES string of the molecule is COCc1cc(-c2nnc3c4ccccc4c(OCc4ccc(C(=O)NCCC(F)(F)F)cn4)nn23)no1. The van der Waals surface area contributed by atoms with E-state index in [1.807, 2.05) is 24.3 Å². The number of fused-ring (bicyclic) bond motifs is 3. The van der Waals surface area contributed by atoms with E-state index in [0.29, 0.717) is 34.0 Å². The van der Waals surface area contributed by atoms with E-state index in [4.69, 9.17) is 14.0 Å². The molecular formula is C24H20F3N7O4. The fourth-order valence-electron chi connectivity index (χ4n) is 3.65. The minimum absolute atomic E-state index is 0.0118. The van der Waals surface area contributed by atoms with Crippen LogP contribution in [0.25, 0.3) is 27.9 Å². The number of benzene rings is 1. The molecule has 0 unspecified atom stereocenters. The summed E-state index contributed by atoms with van der Waals surface area (Å²) < 4.78 is 54.7. The Bertz CT molecular complexity index is 1580. The van der Waals surface area contributed by atoms with Crippen LogP contribution in [-0.4, -0.2) is 55.7 Å². The Labute approximate surface area is 212 Å². The van der Waals surface area contributed by atoms with Crippen LogP contribution >= 0.6 is 0 Å².